The molecule has 7 nitrogen and oxygen atoms in total. The molecule has 3 heterocycles. The Morgan fingerprint density at radius 1 is 1.28 bits per heavy atom. The lowest BCUT2D eigenvalue weighted by molar-refractivity contribution is 0.0123. The lowest BCUT2D eigenvalue weighted by atomic mass is 9.89. The van der Waals surface area contributed by atoms with E-state index in [0.29, 0.717) is 37.1 Å². The van der Waals surface area contributed by atoms with E-state index >= 15 is 0 Å². The van der Waals surface area contributed by atoms with Crippen LogP contribution in [-0.2, 0) is 16.1 Å². The smallest absolute Gasteiger partial charge is 0.289 e. The SMILES string of the molecule is COCc1ccc(C(=O)N2C[C@@H](CN3CCOCC3)C[C@H](CO)C2)o1. The van der Waals surface area contributed by atoms with Crippen molar-refractivity contribution in [3.05, 3.63) is 23.7 Å². The molecule has 1 aromatic rings. The zero-order valence-electron chi connectivity index (χ0n) is 14.9. The van der Waals surface area contributed by atoms with Gasteiger partial charge in [0.05, 0.1) is 13.2 Å². The summed E-state index contributed by atoms with van der Waals surface area (Å²) in [6.07, 6.45) is 0.949. The van der Waals surface area contributed by atoms with E-state index in [9.17, 15) is 9.90 Å². The molecule has 2 aliphatic rings. The highest BCUT2D eigenvalue weighted by atomic mass is 16.5. The minimum Gasteiger partial charge on any atom is -0.453 e. The first kappa shape index (κ1) is 18.4. The zero-order valence-corrected chi connectivity index (χ0v) is 14.9. The standard InChI is InChI=1S/C18H28N2O5/c1-23-13-16-2-3-17(25-16)18(22)20-10-14(8-15(11-20)12-21)9-19-4-6-24-7-5-19/h2-3,14-15,21H,4-13H2,1H3/t14-,15+/m1/s1. The van der Waals surface area contributed by atoms with Crippen LogP contribution in [0.2, 0.25) is 0 Å². The summed E-state index contributed by atoms with van der Waals surface area (Å²) in [7, 11) is 1.59. The number of methoxy groups -OCH3 is 1. The Morgan fingerprint density at radius 2 is 2.04 bits per heavy atom. The number of aliphatic hydroxyl groups is 1. The van der Waals surface area contributed by atoms with E-state index in [2.05, 4.69) is 4.90 Å². The van der Waals surface area contributed by atoms with Crippen LogP contribution in [0.1, 0.15) is 22.7 Å². The molecule has 0 bridgehead atoms. The number of morpholine rings is 1. The number of rotatable bonds is 6. The molecule has 2 aliphatic heterocycles. The highest BCUT2D eigenvalue weighted by Crippen LogP contribution is 2.25. The zero-order chi connectivity index (χ0) is 17.6. The van der Waals surface area contributed by atoms with Crippen LogP contribution in [0, 0.1) is 11.8 Å². The van der Waals surface area contributed by atoms with Gasteiger partial charge in [0, 0.05) is 46.4 Å². The molecule has 140 valence electrons. The second-order valence-electron chi connectivity index (χ2n) is 6.97. The molecular formula is C18H28N2O5. The number of amides is 1. The Balaban J connectivity index is 1.63. The summed E-state index contributed by atoms with van der Waals surface area (Å²) in [4.78, 5) is 17.0. The molecule has 2 atom stereocenters. The van der Waals surface area contributed by atoms with Crippen LogP contribution in [0.4, 0.5) is 0 Å². The number of hydrogen-bond donors (Lipinski definition) is 1. The van der Waals surface area contributed by atoms with Gasteiger partial charge in [-0.15, -0.1) is 0 Å². The number of ether oxygens (including phenoxy) is 2. The minimum absolute atomic E-state index is 0.104. The molecule has 0 aromatic carbocycles. The van der Waals surface area contributed by atoms with Gasteiger partial charge in [0.25, 0.3) is 5.91 Å². The number of carbonyl (C=O) groups is 1. The summed E-state index contributed by atoms with van der Waals surface area (Å²) in [5.41, 5.74) is 0. The predicted octanol–water partition coefficient (Wildman–Crippen LogP) is 0.829. The third kappa shape index (κ3) is 4.82. The molecule has 0 saturated carbocycles. The first-order valence-corrected chi connectivity index (χ1v) is 8.97. The van der Waals surface area contributed by atoms with Crippen molar-refractivity contribution in [2.75, 3.05) is 59.7 Å². The monoisotopic (exact) mass is 352 g/mol. The third-order valence-electron chi connectivity index (χ3n) is 4.95. The van der Waals surface area contributed by atoms with Gasteiger partial charge in [0.2, 0.25) is 0 Å². The van der Waals surface area contributed by atoms with E-state index < -0.39 is 0 Å². The van der Waals surface area contributed by atoms with Gasteiger partial charge in [-0.3, -0.25) is 9.69 Å². The second-order valence-corrected chi connectivity index (χ2v) is 6.97. The Hall–Kier alpha value is -1.41. The van der Waals surface area contributed by atoms with Crippen molar-refractivity contribution in [2.45, 2.75) is 13.0 Å². The molecule has 1 N–H and O–H groups in total. The normalized spacial score (nSPS) is 25.3. The second kappa shape index (κ2) is 8.80. The fourth-order valence-electron chi connectivity index (χ4n) is 3.77. The quantitative estimate of drug-likeness (QED) is 0.817. The molecule has 0 spiro atoms. The molecule has 1 amide bonds. The van der Waals surface area contributed by atoms with Crippen LogP contribution in [-0.4, -0.2) is 80.5 Å². The third-order valence-corrected chi connectivity index (χ3v) is 4.95. The van der Waals surface area contributed by atoms with Gasteiger partial charge in [0.1, 0.15) is 12.4 Å². The van der Waals surface area contributed by atoms with E-state index in [1.807, 2.05) is 4.90 Å². The van der Waals surface area contributed by atoms with E-state index in [0.717, 1.165) is 39.3 Å². The van der Waals surface area contributed by atoms with Gasteiger partial charge in [-0.05, 0) is 30.4 Å². The maximum Gasteiger partial charge on any atom is 0.289 e. The van der Waals surface area contributed by atoms with Crippen LogP contribution in [0.15, 0.2) is 16.5 Å². The average Bonchev–Trinajstić information content (AvgIpc) is 3.10. The van der Waals surface area contributed by atoms with Gasteiger partial charge in [0.15, 0.2) is 5.76 Å². The van der Waals surface area contributed by atoms with E-state index in [4.69, 9.17) is 13.9 Å². The fourth-order valence-corrected chi connectivity index (χ4v) is 3.77. The van der Waals surface area contributed by atoms with Crippen LogP contribution in [0.5, 0.6) is 0 Å². The fraction of sp³-hybridized carbons (Fsp3) is 0.722. The first-order chi connectivity index (χ1) is 12.2. The van der Waals surface area contributed by atoms with E-state index in [1.54, 1.807) is 19.2 Å². The van der Waals surface area contributed by atoms with Crippen molar-refractivity contribution in [1.29, 1.82) is 0 Å². The van der Waals surface area contributed by atoms with Crippen molar-refractivity contribution >= 4 is 5.91 Å². The van der Waals surface area contributed by atoms with Crippen LogP contribution in [0.3, 0.4) is 0 Å². The average molecular weight is 352 g/mol. The van der Waals surface area contributed by atoms with Crippen LogP contribution in [0.25, 0.3) is 0 Å². The molecule has 0 unspecified atom stereocenters. The molecule has 25 heavy (non-hydrogen) atoms. The Kier molecular flexibility index (Phi) is 6.47. The molecule has 1 aromatic heterocycles. The molecule has 7 heteroatoms. The summed E-state index contributed by atoms with van der Waals surface area (Å²) in [6.45, 7) is 6.10. The number of furan rings is 1. The summed E-state index contributed by atoms with van der Waals surface area (Å²) in [6, 6.07) is 3.48. The van der Waals surface area contributed by atoms with Crippen molar-refractivity contribution in [2.24, 2.45) is 11.8 Å². The maximum absolute atomic E-state index is 12.8. The van der Waals surface area contributed by atoms with Gasteiger partial charge < -0.3 is 23.9 Å². The van der Waals surface area contributed by atoms with Crippen molar-refractivity contribution in [3.63, 3.8) is 0 Å². The van der Waals surface area contributed by atoms with E-state index in [1.165, 1.54) is 0 Å². The molecule has 0 radical (unpaired) electrons. The van der Waals surface area contributed by atoms with Crippen molar-refractivity contribution in [1.82, 2.24) is 9.80 Å². The van der Waals surface area contributed by atoms with Crippen LogP contribution >= 0.6 is 0 Å². The molecule has 0 aliphatic carbocycles. The van der Waals surface area contributed by atoms with Gasteiger partial charge >= 0.3 is 0 Å². The summed E-state index contributed by atoms with van der Waals surface area (Å²) in [5.74, 6) is 1.37. The Morgan fingerprint density at radius 3 is 2.76 bits per heavy atom. The van der Waals surface area contributed by atoms with E-state index in [-0.39, 0.29) is 18.4 Å². The number of carbonyl (C=O) groups excluding carboxylic acids is 1. The number of likely N-dealkylation sites (tertiary alicyclic amines) is 1. The largest absolute Gasteiger partial charge is 0.453 e. The highest BCUT2D eigenvalue weighted by Gasteiger charge is 2.32. The van der Waals surface area contributed by atoms with Crippen molar-refractivity contribution in [3.8, 4) is 0 Å². The van der Waals surface area contributed by atoms with Gasteiger partial charge in [-0.1, -0.05) is 0 Å². The maximum atomic E-state index is 12.8. The lowest BCUT2D eigenvalue weighted by Gasteiger charge is -2.39. The number of aliphatic hydroxyl groups excluding tert-OH is 1. The Labute approximate surface area is 148 Å². The summed E-state index contributed by atoms with van der Waals surface area (Å²) < 4.78 is 16.0. The van der Waals surface area contributed by atoms with Crippen LogP contribution < -0.4 is 0 Å². The lowest BCUT2D eigenvalue weighted by Crippen LogP contribution is -2.49. The number of hydrogen-bond acceptors (Lipinski definition) is 6. The summed E-state index contributed by atoms with van der Waals surface area (Å²) in [5, 5.41) is 9.65. The van der Waals surface area contributed by atoms with Crippen molar-refractivity contribution < 1.29 is 23.8 Å². The summed E-state index contributed by atoms with van der Waals surface area (Å²) >= 11 is 0. The first-order valence-electron chi connectivity index (χ1n) is 8.97. The van der Waals surface area contributed by atoms with Gasteiger partial charge in [-0.25, -0.2) is 0 Å². The topological polar surface area (TPSA) is 75.4 Å². The number of piperidine rings is 1. The molecule has 2 saturated heterocycles. The Bertz CT molecular complexity index is 555. The number of nitrogens with zero attached hydrogens (tertiary/aromatic N) is 2. The predicted molar refractivity (Wildman–Crippen MR) is 91.3 cm³/mol. The van der Waals surface area contributed by atoms with Gasteiger partial charge in [-0.2, -0.15) is 0 Å². The minimum atomic E-state index is -0.104. The molecule has 2 fully saturated rings. The highest BCUT2D eigenvalue weighted by molar-refractivity contribution is 5.91. The molecular weight excluding hydrogens is 324 g/mol. The molecule has 3 rings (SSSR count).